The van der Waals surface area contributed by atoms with Crippen molar-refractivity contribution >= 4 is 32.7 Å². The molecule has 0 bridgehead atoms. The van der Waals surface area contributed by atoms with Crippen LogP contribution in [0.5, 0.6) is 0 Å². The second-order valence-corrected chi connectivity index (χ2v) is 9.02. The van der Waals surface area contributed by atoms with Gasteiger partial charge in [0.2, 0.25) is 10.0 Å². The van der Waals surface area contributed by atoms with Gasteiger partial charge in [0.1, 0.15) is 0 Å². The fourth-order valence-electron chi connectivity index (χ4n) is 2.15. The van der Waals surface area contributed by atoms with Crippen LogP contribution in [0.15, 0.2) is 28.5 Å². The molecule has 0 saturated heterocycles. The van der Waals surface area contributed by atoms with Crippen molar-refractivity contribution in [3.05, 3.63) is 38.2 Å². The molecular weight excluding hydrogens is 324 g/mol. The molecule has 0 saturated carbocycles. The predicted molar refractivity (Wildman–Crippen MR) is 89.6 cm³/mol. The van der Waals surface area contributed by atoms with Crippen LogP contribution in [-0.2, 0) is 23.0 Å². The van der Waals surface area contributed by atoms with Gasteiger partial charge in [-0.2, -0.15) is 0 Å². The van der Waals surface area contributed by atoms with Gasteiger partial charge in [0.05, 0.1) is 4.90 Å². The Bertz CT molecular complexity index is 675. The van der Waals surface area contributed by atoms with Crippen LogP contribution >= 0.6 is 22.7 Å². The molecule has 2 heterocycles. The van der Waals surface area contributed by atoms with Crippen molar-refractivity contribution in [1.82, 2.24) is 10.0 Å². The highest BCUT2D eigenvalue weighted by molar-refractivity contribution is 7.89. The molecular formula is C14H20N2O2S3. The van der Waals surface area contributed by atoms with Crippen LogP contribution in [0.3, 0.4) is 0 Å². The summed E-state index contributed by atoms with van der Waals surface area (Å²) < 4.78 is 27.7. The Balaban J connectivity index is 2.10. The monoisotopic (exact) mass is 344 g/mol. The summed E-state index contributed by atoms with van der Waals surface area (Å²) in [5.41, 5.74) is 0. The van der Waals surface area contributed by atoms with Gasteiger partial charge in [0, 0.05) is 27.2 Å². The molecule has 0 amide bonds. The maximum absolute atomic E-state index is 12.5. The Morgan fingerprint density at radius 3 is 2.71 bits per heavy atom. The maximum Gasteiger partial charge on any atom is 0.241 e. The lowest BCUT2D eigenvalue weighted by molar-refractivity contribution is 0.560. The number of thiophene rings is 2. The molecule has 0 fully saturated rings. The number of rotatable bonds is 7. The third-order valence-corrected chi connectivity index (χ3v) is 6.80. The van der Waals surface area contributed by atoms with Gasteiger partial charge < -0.3 is 5.32 Å². The summed E-state index contributed by atoms with van der Waals surface area (Å²) in [5, 5.41) is 5.05. The van der Waals surface area contributed by atoms with E-state index in [1.165, 1.54) is 16.2 Å². The van der Waals surface area contributed by atoms with Crippen LogP contribution in [0.1, 0.15) is 21.6 Å². The molecule has 116 valence electrons. The Kier molecular flexibility index (Phi) is 5.56. The molecule has 1 unspecified atom stereocenters. The van der Waals surface area contributed by atoms with Crippen LogP contribution in [-0.4, -0.2) is 21.5 Å². The van der Waals surface area contributed by atoms with E-state index in [4.69, 9.17) is 0 Å². The average molecular weight is 345 g/mol. The minimum absolute atomic E-state index is 0.124. The van der Waals surface area contributed by atoms with Gasteiger partial charge in [-0.05, 0) is 44.8 Å². The van der Waals surface area contributed by atoms with Crippen molar-refractivity contribution in [1.29, 1.82) is 0 Å². The van der Waals surface area contributed by atoms with Gasteiger partial charge in [-0.25, -0.2) is 13.1 Å². The van der Waals surface area contributed by atoms with E-state index in [-0.39, 0.29) is 6.04 Å². The van der Waals surface area contributed by atoms with Gasteiger partial charge in [0.25, 0.3) is 0 Å². The van der Waals surface area contributed by atoms with Gasteiger partial charge in [-0.15, -0.1) is 22.7 Å². The highest BCUT2D eigenvalue weighted by Gasteiger charge is 2.22. The maximum atomic E-state index is 12.5. The molecule has 2 N–H and O–H groups in total. The Hall–Kier alpha value is -0.730. The van der Waals surface area contributed by atoms with Crippen molar-refractivity contribution in [2.24, 2.45) is 0 Å². The first-order chi connectivity index (χ1) is 9.92. The molecule has 0 aromatic carbocycles. The minimum Gasteiger partial charge on any atom is -0.315 e. The van der Waals surface area contributed by atoms with Crippen LogP contribution in [0.4, 0.5) is 0 Å². The zero-order valence-corrected chi connectivity index (χ0v) is 14.8. The number of hydrogen-bond donors (Lipinski definition) is 2. The van der Waals surface area contributed by atoms with Crippen LogP contribution in [0.2, 0.25) is 0 Å². The summed E-state index contributed by atoms with van der Waals surface area (Å²) in [7, 11) is -1.60. The Morgan fingerprint density at radius 2 is 2.10 bits per heavy atom. The van der Waals surface area contributed by atoms with E-state index in [0.717, 1.165) is 9.75 Å². The second-order valence-electron chi connectivity index (χ2n) is 4.97. The fourth-order valence-corrected chi connectivity index (χ4v) is 5.88. The molecule has 4 nitrogen and oxygen atoms in total. The van der Waals surface area contributed by atoms with E-state index < -0.39 is 10.0 Å². The molecule has 21 heavy (non-hydrogen) atoms. The summed E-state index contributed by atoms with van der Waals surface area (Å²) in [4.78, 5) is 3.44. The number of nitrogens with one attached hydrogen (secondary N) is 2. The van der Waals surface area contributed by atoms with Gasteiger partial charge in [-0.3, -0.25) is 0 Å². The van der Waals surface area contributed by atoms with Gasteiger partial charge >= 0.3 is 0 Å². The zero-order valence-electron chi connectivity index (χ0n) is 12.3. The van der Waals surface area contributed by atoms with Crippen LogP contribution in [0, 0.1) is 6.92 Å². The summed E-state index contributed by atoms with van der Waals surface area (Å²) in [6.45, 7) is 4.43. The van der Waals surface area contributed by atoms with Gasteiger partial charge in [-0.1, -0.05) is 6.07 Å². The van der Waals surface area contributed by atoms with Crippen molar-refractivity contribution in [2.45, 2.75) is 37.8 Å². The number of hydrogen-bond acceptors (Lipinski definition) is 5. The van der Waals surface area contributed by atoms with Gasteiger partial charge in [0.15, 0.2) is 0 Å². The summed E-state index contributed by atoms with van der Waals surface area (Å²) in [5.74, 6) is 0. The van der Waals surface area contributed by atoms with E-state index >= 15 is 0 Å². The minimum atomic E-state index is -3.45. The van der Waals surface area contributed by atoms with Crippen molar-refractivity contribution < 1.29 is 8.42 Å². The molecule has 7 heteroatoms. The first-order valence-electron chi connectivity index (χ1n) is 6.71. The van der Waals surface area contributed by atoms with E-state index in [1.54, 1.807) is 17.4 Å². The first-order valence-corrected chi connectivity index (χ1v) is 9.89. The smallest absolute Gasteiger partial charge is 0.241 e. The fraction of sp³-hybridized carbons (Fsp3) is 0.429. The van der Waals surface area contributed by atoms with Crippen molar-refractivity contribution in [2.75, 3.05) is 7.05 Å². The Morgan fingerprint density at radius 1 is 1.33 bits per heavy atom. The molecule has 2 rings (SSSR count). The lowest BCUT2D eigenvalue weighted by Gasteiger charge is -2.13. The lowest BCUT2D eigenvalue weighted by atomic mass is 10.2. The molecule has 1 atom stereocenters. The molecule has 2 aromatic heterocycles. The van der Waals surface area contributed by atoms with E-state index in [9.17, 15) is 8.42 Å². The predicted octanol–water partition coefficient (Wildman–Crippen LogP) is 2.75. The largest absolute Gasteiger partial charge is 0.315 e. The standard InChI is InChI=1S/C14H20N2O2S3/c1-10(7-12-5-4-6-19-12)16-21(17,18)14-8-13(9-15-3)20-11(14)2/h4-6,8,10,15-16H,7,9H2,1-3H3. The topological polar surface area (TPSA) is 58.2 Å². The summed E-state index contributed by atoms with van der Waals surface area (Å²) in [6, 6.07) is 5.64. The molecule has 0 aliphatic heterocycles. The quantitative estimate of drug-likeness (QED) is 0.812. The van der Waals surface area contributed by atoms with Crippen LogP contribution < -0.4 is 10.0 Å². The number of sulfonamides is 1. The van der Waals surface area contributed by atoms with Crippen molar-refractivity contribution in [3.63, 3.8) is 0 Å². The summed E-state index contributed by atoms with van der Waals surface area (Å²) >= 11 is 3.16. The second kappa shape index (κ2) is 7.02. The van der Waals surface area contributed by atoms with E-state index in [0.29, 0.717) is 17.9 Å². The third kappa shape index (κ3) is 4.37. The molecule has 0 radical (unpaired) electrons. The Labute approximate surface area is 134 Å². The first kappa shape index (κ1) is 16.6. The van der Waals surface area contributed by atoms with E-state index in [2.05, 4.69) is 10.0 Å². The molecule has 0 spiro atoms. The highest BCUT2D eigenvalue weighted by atomic mass is 32.2. The molecule has 0 aliphatic rings. The SMILES string of the molecule is CNCc1cc(S(=O)(=O)NC(C)Cc2cccs2)c(C)s1. The highest BCUT2D eigenvalue weighted by Crippen LogP contribution is 2.26. The summed E-state index contributed by atoms with van der Waals surface area (Å²) in [6.07, 6.45) is 0.712. The average Bonchev–Trinajstić information content (AvgIpc) is 2.99. The third-order valence-electron chi connectivity index (χ3n) is 3.01. The zero-order chi connectivity index (χ0) is 15.5. The molecule has 0 aliphatic carbocycles. The molecule has 2 aromatic rings. The van der Waals surface area contributed by atoms with Crippen LogP contribution in [0.25, 0.3) is 0 Å². The number of aryl methyl sites for hydroxylation is 1. The van der Waals surface area contributed by atoms with Crippen molar-refractivity contribution in [3.8, 4) is 0 Å². The lowest BCUT2D eigenvalue weighted by Crippen LogP contribution is -2.34. The van der Waals surface area contributed by atoms with E-state index in [1.807, 2.05) is 38.4 Å². The normalized spacial score (nSPS) is 13.5.